The van der Waals surface area contributed by atoms with Gasteiger partial charge in [-0.2, -0.15) is 0 Å². The lowest BCUT2D eigenvalue weighted by Crippen LogP contribution is -2.34. The molecule has 1 aromatic carbocycles. The summed E-state index contributed by atoms with van der Waals surface area (Å²) in [5.41, 5.74) is 1.96. The van der Waals surface area contributed by atoms with E-state index in [1.165, 1.54) is 37.8 Å². The molecule has 0 radical (unpaired) electrons. The van der Waals surface area contributed by atoms with Crippen molar-refractivity contribution in [3.8, 4) is 0 Å². The fourth-order valence-electron chi connectivity index (χ4n) is 2.75. The minimum absolute atomic E-state index is 0.630. The lowest BCUT2D eigenvalue weighted by molar-refractivity contribution is 0.112. The van der Waals surface area contributed by atoms with Gasteiger partial charge in [-0.25, -0.2) is 0 Å². The third kappa shape index (κ3) is 2.94. The van der Waals surface area contributed by atoms with E-state index in [0.29, 0.717) is 6.04 Å². The topological polar surface area (TPSA) is 20.3 Å². The fourth-order valence-corrected chi connectivity index (χ4v) is 3.37. The summed E-state index contributed by atoms with van der Waals surface area (Å²) in [6.45, 7) is 3.38. The molecule has 98 valence electrons. The van der Waals surface area contributed by atoms with Gasteiger partial charge < -0.3 is 4.90 Å². The summed E-state index contributed by atoms with van der Waals surface area (Å²) in [5, 5.41) is 0. The number of halogens is 1. The number of anilines is 1. The Balaban J connectivity index is 2.29. The molecule has 0 spiro atoms. The van der Waals surface area contributed by atoms with Gasteiger partial charge in [0.2, 0.25) is 0 Å². The Labute approximate surface area is 117 Å². The molecule has 1 aromatic rings. The highest BCUT2D eigenvalue weighted by atomic mass is 79.9. The van der Waals surface area contributed by atoms with Crippen molar-refractivity contribution in [3.05, 3.63) is 28.2 Å². The Morgan fingerprint density at radius 1 is 1.39 bits per heavy atom. The minimum atomic E-state index is 0.630. The summed E-state index contributed by atoms with van der Waals surface area (Å²) >= 11 is 3.61. The number of hydrogen-bond donors (Lipinski definition) is 0. The van der Waals surface area contributed by atoms with E-state index in [1.54, 1.807) is 0 Å². The van der Waals surface area contributed by atoms with Crippen LogP contribution in [-0.2, 0) is 0 Å². The molecular weight excluding hydrogens is 290 g/mol. The molecule has 18 heavy (non-hydrogen) atoms. The van der Waals surface area contributed by atoms with Crippen LogP contribution in [0.5, 0.6) is 0 Å². The van der Waals surface area contributed by atoms with Crippen LogP contribution in [-0.4, -0.2) is 18.9 Å². The largest absolute Gasteiger partial charge is 0.368 e. The van der Waals surface area contributed by atoms with Crippen molar-refractivity contribution in [2.24, 2.45) is 0 Å². The molecule has 1 aliphatic rings. The standard InChI is InChI=1S/C15H20BrNO/c1-2-13-6-4-3-5-9-17(13)15-8-7-12(11-18)10-14(15)16/h7-8,10-11,13H,2-6,9H2,1H3. The van der Waals surface area contributed by atoms with Gasteiger partial charge in [-0.1, -0.05) is 19.8 Å². The van der Waals surface area contributed by atoms with Gasteiger partial charge in [0.15, 0.2) is 0 Å². The molecule has 1 unspecified atom stereocenters. The monoisotopic (exact) mass is 309 g/mol. The van der Waals surface area contributed by atoms with Gasteiger partial charge >= 0.3 is 0 Å². The van der Waals surface area contributed by atoms with E-state index in [2.05, 4.69) is 33.8 Å². The molecule has 1 fully saturated rings. The van der Waals surface area contributed by atoms with Gasteiger partial charge in [-0.05, 0) is 53.4 Å². The fraction of sp³-hybridized carbons (Fsp3) is 0.533. The molecule has 0 aromatic heterocycles. The maximum absolute atomic E-state index is 10.8. The number of hydrogen-bond acceptors (Lipinski definition) is 2. The predicted molar refractivity (Wildman–Crippen MR) is 79.4 cm³/mol. The van der Waals surface area contributed by atoms with Crippen LogP contribution in [0.15, 0.2) is 22.7 Å². The van der Waals surface area contributed by atoms with E-state index in [1.807, 2.05) is 12.1 Å². The van der Waals surface area contributed by atoms with E-state index in [4.69, 9.17) is 0 Å². The Morgan fingerprint density at radius 2 is 2.22 bits per heavy atom. The highest BCUT2D eigenvalue weighted by Gasteiger charge is 2.21. The lowest BCUT2D eigenvalue weighted by Gasteiger charge is -2.32. The zero-order valence-electron chi connectivity index (χ0n) is 10.9. The normalized spacial score (nSPS) is 20.6. The summed E-state index contributed by atoms with van der Waals surface area (Å²) < 4.78 is 1.03. The van der Waals surface area contributed by atoms with Gasteiger partial charge in [0.05, 0.1) is 5.69 Å². The molecule has 0 aliphatic carbocycles. The zero-order valence-corrected chi connectivity index (χ0v) is 12.4. The van der Waals surface area contributed by atoms with Gasteiger partial charge in [0.1, 0.15) is 6.29 Å². The summed E-state index contributed by atoms with van der Waals surface area (Å²) in [6.07, 6.45) is 7.28. The van der Waals surface area contributed by atoms with Crippen LogP contribution in [0.4, 0.5) is 5.69 Å². The highest BCUT2D eigenvalue weighted by molar-refractivity contribution is 9.10. The average molecular weight is 310 g/mol. The van der Waals surface area contributed by atoms with Gasteiger partial charge in [0, 0.05) is 22.6 Å². The van der Waals surface area contributed by atoms with Crippen molar-refractivity contribution in [2.45, 2.75) is 45.1 Å². The Bertz CT molecular complexity index is 419. The van der Waals surface area contributed by atoms with Crippen LogP contribution in [0.1, 0.15) is 49.4 Å². The Hall–Kier alpha value is -0.830. The molecule has 0 amide bonds. The summed E-state index contributed by atoms with van der Waals surface area (Å²) in [4.78, 5) is 13.3. The Morgan fingerprint density at radius 3 is 2.89 bits per heavy atom. The molecule has 0 bridgehead atoms. The van der Waals surface area contributed by atoms with Crippen molar-refractivity contribution in [1.29, 1.82) is 0 Å². The second-order valence-corrected chi connectivity index (χ2v) is 5.79. The van der Waals surface area contributed by atoms with E-state index >= 15 is 0 Å². The van der Waals surface area contributed by atoms with Crippen LogP contribution >= 0.6 is 15.9 Å². The molecule has 2 rings (SSSR count). The van der Waals surface area contributed by atoms with Crippen LogP contribution in [0, 0.1) is 0 Å². The molecule has 0 N–H and O–H groups in total. The SMILES string of the molecule is CCC1CCCCCN1c1ccc(C=O)cc1Br. The maximum atomic E-state index is 10.8. The highest BCUT2D eigenvalue weighted by Crippen LogP contribution is 2.32. The Kier molecular flexibility index (Phi) is 4.81. The molecule has 1 saturated heterocycles. The molecule has 3 heteroatoms. The summed E-state index contributed by atoms with van der Waals surface area (Å²) in [5.74, 6) is 0. The van der Waals surface area contributed by atoms with Crippen molar-refractivity contribution in [3.63, 3.8) is 0 Å². The van der Waals surface area contributed by atoms with Crippen molar-refractivity contribution < 1.29 is 4.79 Å². The van der Waals surface area contributed by atoms with Crippen molar-refractivity contribution in [2.75, 3.05) is 11.4 Å². The first-order chi connectivity index (χ1) is 8.76. The molecule has 1 aliphatic heterocycles. The molecule has 1 heterocycles. The second kappa shape index (κ2) is 6.37. The first kappa shape index (κ1) is 13.6. The number of carbonyl (C=O) groups is 1. The van der Waals surface area contributed by atoms with Gasteiger partial charge in [-0.15, -0.1) is 0 Å². The zero-order chi connectivity index (χ0) is 13.0. The van der Waals surface area contributed by atoms with Crippen molar-refractivity contribution in [1.82, 2.24) is 0 Å². The first-order valence-electron chi connectivity index (χ1n) is 6.77. The van der Waals surface area contributed by atoms with Gasteiger partial charge in [-0.3, -0.25) is 4.79 Å². The number of aldehydes is 1. The van der Waals surface area contributed by atoms with Gasteiger partial charge in [0.25, 0.3) is 0 Å². The molecule has 1 atom stereocenters. The number of benzene rings is 1. The van der Waals surface area contributed by atoms with E-state index < -0.39 is 0 Å². The third-order valence-corrected chi connectivity index (χ3v) is 4.40. The average Bonchev–Trinajstić information content (AvgIpc) is 2.63. The third-order valence-electron chi connectivity index (χ3n) is 3.77. The van der Waals surface area contributed by atoms with Crippen LogP contribution in [0.2, 0.25) is 0 Å². The smallest absolute Gasteiger partial charge is 0.150 e. The molecule has 2 nitrogen and oxygen atoms in total. The maximum Gasteiger partial charge on any atom is 0.150 e. The van der Waals surface area contributed by atoms with Crippen LogP contribution in [0.25, 0.3) is 0 Å². The summed E-state index contributed by atoms with van der Waals surface area (Å²) in [7, 11) is 0. The van der Waals surface area contributed by atoms with Crippen LogP contribution in [0.3, 0.4) is 0 Å². The second-order valence-electron chi connectivity index (χ2n) is 4.93. The minimum Gasteiger partial charge on any atom is -0.368 e. The van der Waals surface area contributed by atoms with Crippen LogP contribution < -0.4 is 4.90 Å². The number of nitrogens with zero attached hydrogens (tertiary/aromatic N) is 1. The molecule has 0 saturated carbocycles. The van der Waals surface area contributed by atoms with E-state index in [0.717, 1.165) is 22.9 Å². The number of rotatable bonds is 3. The molecular formula is C15H20BrNO. The van der Waals surface area contributed by atoms with Crippen molar-refractivity contribution >= 4 is 27.9 Å². The van der Waals surface area contributed by atoms with E-state index in [-0.39, 0.29) is 0 Å². The number of carbonyl (C=O) groups excluding carboxylic acids is 1. The quantitative estimate of drug-likeness (QED) is 0.770. The lowest BCUT2D eigenvalue weighted by atomic mass is 10.1. The van der Waals surface area contributed by atoms with E-state index in [9.17, 15) is 4.79 Å². The first-order valence-corrected chi connectivity index (χ1v) is 7.57. The predicted octanol–water partition coefficient (Wildman–Crippen LogP) is 4.42. The summed E-state index contributed by atoms with van der Waals surface area (Å²) in [6, 6.07) is 6.53.